The van der Waals surface area contributed by atoms with Gasteiger partial charge in [-0.1, -0.05) is 0 Å². The minimum atomic E-state index is -1.06. The van der Waals surface area contributed by atoms with Gasteiger partial charge in [0.2, 0.25) is 0 Å². The summed E-state index contributed by atoms with van der Waals surface area (Å²) in [4.78, 5) is 46.8. The van der Waals surface area contributed by atoms with Crippen LogP contribution in [-0.2, 0) is 20.9 Å². The van der Waals surface area contributed by atoms with Crippen molar-refractivity contribution in [3.05, 3.63) is 54.0 Å². The molecule has 0 atom stereocenters. The highest BCUT2D eigenvalue weighted by Crippen LogP contribution is 2.11. The monoisotopic (exact) mass is 388 g/mol. The Balaban J connectivity index is 1.67. The third kappa shape index (κ3) is 6.48. The van der Waals surface area contributed by atoms with Crippen molar-refractivity contribution in [2.24, 2.45) is 0 Å². The van der Waals surface area contributed by atoms with Crippen LogP contribution in [0, 0.1) is 0 Å². The minimum absolute atomic E-state index is 0.0331. The zero-order chi connectivity index (χ0) is 20.4. The number of hydrogen-bond donors (Lipinski definition) is 4. The van der Waals surface area contributed by atoms with Crippen molar-refractivity contribution in [3.8, 4) is 5.75 Å². The van der Waals surface area contributed by atoms with Gasteiger partial charge in [-0.2, -0.15) is 0 Å². The zero-order valence-corrected chi connectivity index (χ0v) is 15.1. The Morgan fingerprint density at radius 1 is 0.964 bits per heavy atom. The molecule has 2 aromatic rings. The molecule has 148 valence electrons. The second-order valence-electron chi connectivity index (χ2n) is 5.40. The van der Waals surface area contributed by atoms with Crippen LogP contribution in [0.3, 0.4) is 0 Å². The first-order valence-corrected chi connectivity index (χ1v) is 8.40. The molecule has 0 unspecified atom stereocenters. The van der Waals surface area contributed by atoms with E-state index in [1.165, 1.54) is 6.26 Å². The molecular weight excluding hydrogens is 368 g/mol. The van der Waals surface area contributed by atoms with Crippen LogP contribution in [0.1, 0.15) is 23.0 Å². The number of furan rings is 1. The summed E-state index contributed by atoms with van der Waals surface area (Å²) in [5, 5.41) is 4.71. The number of carbonyl (C=O) groups is 4. The maximum atomic E-state index is 12.0. The molecule has 10 heteroatoms. The summed E-state index contributed by atoms with van der Waals surface area (Å²) in [7, 11) is 0. The average molecular weight is 388 g/mol. The lowest BCUT2D eigenvalue weighted by molar-refractivity contribution is -0.141. The smallest absolute Gasteiger partial charge is 0.327 e. The summed E-state index contributed by atoms with van der Waals surface area (Å²) in [6.45, 7) is 2.00. The van der Waals surface area contributed by atoms with Crippen molar-refractivity contribution < 1.29 is 28.3 Å². The van der Waals surface area contributed by atoms with Crippen LogP contribution in [0.2, 0.25) is 0 Å². The van der Waals surface area contributed by atoms with Gasteiger partial charge in [0.15, 0.2) is 0 Å². The second-order valence-corrected chi connectivity index (χ2v) is 5.40. The molecule has 1 heterocycles. The van der Waals surface area contributed by atoms with E-state index in [1.807, 2.05) is 17.8 Å². The molecule has 4 N–H and O–H groups in total. The molecular formula is C18H20N4O6. The van der Waals surface area contributed by atoms with Gasteiger partial charge >= 0.3 is 11.8 Å². The van der Waals surface area contributed by atoms with Gasteiger partial charge in [-0.15, -0.1) is 0 Å². The summed E-state index contributed by atoms with van der Waals surface area (Å²) in [5.41, 5.74) is 4.33. The Morgan fingerprint density at radius 3 is 2.36 bits per heavy atom. The van der Waals surface area contributed by atoms with E-state index in [9.17, 15) is 19.2 Å². The molecule has 0 saturated heterocycles. The van der Waals surface area contributed by atoms with Crippen molar-refractivity contribution >= 4 is 23.6 Å². The van der Waals surface area contributed by atoms with E-state index >= 15 is 0 Å². The summed E-state index contributed by atoms with van der Waals surface area (Å²) in [5.74, 6) is -2.08. The molecule has 1 aromatic heterocycles. The van der Waals surface area contributed by atoms with Gasteiger partial charge in [0, 0.05) is 5.56 Å². The van der Waals surface area contributed by atoms with Crippen LogP contribution >= 0.6 is 0 Å². The van der Waals surface area contributed by atoms with E-state index < -0.39 is 23.6 Å². The summed E-state index contributed by atoms with van der Waals surface area (Å²) < 4.78 is 10.3. The van der Waals surface area contributed by atoms with Gasteiger partial charge in [0.05, 0.1) is 26.0 Å². The Kier molecular flexibility index (Phi) is 7.58. The molecule has 0 spiro atoms. The Hall–Kier alpha value is -3.82. The SMILES string of the molecule is CCOc1ccc(C(=O)NCC(=O)NNC(=O)C(=O)NCc2ccco2)cc1. The molecule has 28 heavy (non-hydrogen) atoms. The normalized spacial score (nSPS) is 9.89. The lowest BCUT2D eigenvalue weighted by Gasteiger charge is -2.09. The average Bonchev–Trinajstić information content (AvgIpc) is 3.22. The van der Waals surface area contributed by atoms with Crippen molar-refractivity contribution in [3.63, 3.8) is 0 Å². The standard InChI is InChI=1S/C18H20N4O6/c1-2-27-13-7-5-12(6-8-13)16(24)20-11-15(23)21-22-18(26)17(25)19-10-14-4-3-9-28-14/h3-9H,2,10-11H2,1H3,(H,19,25)(H,20,24)(H,21,23)(H,22,26). The Bertz CT molecular complexity index is 817. The van der Waals surface area contributed by atoms with Gasteiger partial charge in [-0.3, -0.25) is 30.0 Å². The van der Waals surface area contributed by atoms with Crippen LogP contribution < -0.4 is 26.2 Å². The van der Waals surface area contributed by atoms with Crippen LogP contribution in [0.5, 0.6) is 5.75 Å². The topological polar surface area (TPSA) is 139 Å². The van der Waals surface area contributed by atoms with E-state index in [0.29, 0.717) is 23.7 Å². The predicted molar refractivity (Wildman–Crippen MR) is 96.8 cm³/mol. The minimum Gasteiger partial charge on any atom is -0.494 e. The van der Waals surface area contributed by atoms with E-state index in [2.05, 4.69) is 10.6 Å². The molecule has 0 radical (unpaired) electrons. The van der Waals surface area contributed by atoms with Crippen molar-refractivity contribution in [2.75, 3.05) is 13.2 Å². The molecule has 10 nitrogen and oxygen atoms in total. The lowest BCUT2D eigenvalue weighted by Crippen LogP contribution is -2.50. The summed E-state index contributed by atoms with van der Waals surface area (Å²) >= 11 is 0. The number of amides is 4. The highest BCUT2D eigenvalue weighted by Gasteiger charge is 2.15. The largest absolute Gasteiger partial charge is 0.494 e. The van der Waals surface area contributed by atoms with Crippen molar-refractivity contribution in [1.29, 1.82) is 0 Å². The van der Waals surface area contributed by atoms with E-state index in [1.54, 1.807) is 36.4 Å². The Morgan fingerprint density at radius 2 is 1.71 bits per heavy atom. The van der Waals surface area contributed by atoms with Gasteiger partial charge in [0.1, 0.15) is 11.5 Å². The first kappa shape index (κ1) is 20.5. The van der Waals surface area contributed by atoms with Gasteiger partial charge in [-0.05, 0) is 43.3 Å². The number of nitrogens with one attached hydrogen (secondary N) is 4. The number of rotatable bonds is 7. The molecule has 2 rings (SSSR count). The number of hydrazine groups is 1. The number of ether oxygens (including phenoxy) is 1. The first-order chi connectivity index (χ1) is 13.5. The van der Waals surface area contributed by atoms with Crippen molar-refractivity contribution in [2.45, 2.75) is 13.5 Å². The quantitative estimate of drug-likeness (QED) is 0.385. The van der Waals surface area contributed by atoms with Crippen LogP contribution in [-0.4, -0.2) is 36.8 Å². The predicted octanol–water partition coefficient (Wildman–Crippen LogP) is -0.128. The molecule has 4 amide bonds. The van der Waals surface area contributed by atoms with E-state index in [-0.39, 0.29) is 13.1 Å². The zero-order valence-electron chi connectivity index (χ0n) is 15.1. The first-order valence-electron chi connectivity index (χ1n) is 8.40. The van der Waals surface area contributed by atoms with Crippen molar-refractivity contribution in [1.82, 2.24) is 21.5 Å². The highest BCUT2D eigenvalue weighted by molar-refractivity contribution is 6.35. The van der Waals surface area contributed by atoms with E-state index in [0.717, 1.165) is 0 Å². The fourth-order valence-corrected chi connectivity index (χ4v) is 2.02. The molecule has 0 fully saturated rings. The lowest BCUT2D eigenvalue weighted by atomic mass is 10.2. The molecule has 0 aliphatic heterocycles. The Labute approximate surface area is 160 Å². The van der Waals surface area contributed by atoms with E-state index in [4.69, 9.17) is 9.15 Å². The van der Waals surface area contributed by atoms with Crippen LogP contribution in [0.4, 0.5) is 0 Å². The number of carbonyl (C=O) groups excluding carboxylic acids is 4. The molecule has 0 bridgehead atoms. The number of hydrogen-bond acceptors (Lipinski definition) is 6. The highest BCUT2D eigenvalue weighted by atomic mass is 16.5. The fourth-order valence-electron chi connectivity index (χ4n) is 2.02. The number of benzene rings is 1. The maximum absolute atomic E-state index is 12.0. The van der Waals surface area contributed by atoms with Gasteiger partial charge < -0.3 is 19.8 Å². The molecule has 0 saturated carbocycles. The molecule has 1 aromatic carbocycles. The maximum Gasteiger partial charge on any atom is 0.327 e. The van der Waals surface area contributed by atoms with Crippen LogP contribution in [0.25, 0.3) is 0 Å². The van der Waals surface area contributed by atoms with Crippen LogP contribution in [0.15, 0.2) is 47.1 Å². The summed E-state index contributed by atoms with van der Waals surface area (Å²) in [6.07, 6.45) is 1.43. The van der Waals surface area contributed by atoms with Gasteiger partial charge in [-0.25, -0.2) is 0 Å². The third-order valence-electron chi connectivity index (χ3n) is 3.36. The molecule has 0 aliphatic rings. The summed E-state index contributed by atoms with van der Waals surface area (Å²) in [6, 6.07) is 9.67. The molecule has 0 aliphatic carbocycles. The fraction of sp³-hybridized carbons (Fsp3) is 0.222. The third-order valence-corrected chi connectivity index (χ3v) is 3.36. The second kappa shape index (κ2) is 10.4. The van der Waals surface area contributed by atoms with Gasteiger partial charge in [0.25, 0.3) is 11.8 Å².